The number of piperazine rings is 1. The van der Waals surface area contributed by atoms with Gasteiger partial charge >= 0.3 is 6.03 Å². The van der Waals surface area contributed by atoms with Crippen LogP contribution in [0.5, 0.6) is 11.5 Å². The van der Waals surface area contributed by atoms with Crippen molar-refractivity contribution in [2.45, 2.75) is 6.54 Å². The molecule has 1 N–H and O–H groups in total. The summed E-state index contributed by atoms with van der Waals surface area (Å²) in [4.78, 5) is 16.6. The molecule has 3 aromatic rings. The zero-order chi connectivity index (χ0) is 20.8. The molecule has 4 rings (SSSR count). The quantitative estimate of drug-likeness (QED) is 0.593. The van der Waals surface area contributed by atoms with Crippen LogP contribution in [0.4, 0.5) is 10.5 Å². The average molecular weight is 422 g/mol. The Morgan fingerprint density at radius 1 is 0.833 bits per heavy atom. The monoisotopic (exact) mass is 421 g/mol. The maximum Gasteiger partial charge on any atom is 0.321 e. The lowest BCUT2D eigenvalue weighted by Gasteiger charge is -2.34. The molecule has 0 bridgehead atoms. The molecule has 6 heteroatoms. The number of hydrogen-bond donors (Lipinski definition) is 1. The van der Waals surface area contributed by atoms with E-state index < -0.39 is 0 Å². The highest BCUT2D eigenvalue weighted by Gasteiger charge is 2.21. The van der Waals surface area contributed by atoms with Gasteiger partial charge in [-0.15, -0.1) is 0 Å². The summed E-state index contributed by atoms with van der Waals surface area (Å²) in [6, 6.07) is 25.0. The number of ether oxygens (including phenoxy) is 1. The molecule has 5 nitrogen and oxygen atoms in total. The van der Waals surface area contributed by atoms with E-state index in [9.17, 15) is 4.79 Å². The Morgan fingerprint density at radius 2 is 1.43 bits per heavy atom. The van der Waals surface area contributed by atoms with Crippen LogP contribution in [0.3, 0.4) is 0 Å². The standard InChI is InChI=1S/C24H24ClN3O2/c25-20-8-12-23(13-9-20)30-22-10-6-19(7-11-22)18-27-14-16-28(17-15-27)24(29)26-21-4-2-1-3-5-21/h1-13H,14-18H2,(H,26,29). The first kappa shape index (κ1) is 20.3. The Morgan fingerprint density at radius 3 is 2.07 bits per heavy atom. The SMILES string of the molecule is O=C(Nc1ccccc1)N1CCN(Cc2ccc(Oc3ccc(Cl)cc3)cc2)CC1. The van der Waals surface area contributed by atoms with Gasteiger partial charge in [0, 0.05) is 43.4 Å². The van der Waals surface area contributed by atoms with Crippen LogP contribution in [0.25, 0.3) is 0 Å². The van der Waals surface area contributed by atoms with Gasteiger partial charge in [0.25, 0.3) is 0 Å². The normalized spacial score (nSPS) is 14.4. The zero-order valence-corrected chi connectivity index (χ0v) is 17.4. The number of halogens is 1. The van der Waals surface area contributed by atoms with E-state index in [0.29, 0.717) is 5.02 Å². The minimum absolute atomic E-state index is 0.0375. The molecule has 2 amide bonds. The highest BCUT2D eigenvalue weighted by molar-refractivity contribution is 6.30. The van der Waals surface area contributed by atoms with Gasteiger partial charge in [0.05, 0.1) is 0 Å². The molecule has 154 valence electrons. The topological polar surface area (TPSA) is 44.8 Å². The van der Waals surface area contributed by atoms with Crippen LogP contribution in [0.2, 0.25) is 5.02 Å². The van der Waals surface area contributed by atoms with E-state index in [1.165, 1.54) is 5.56 Å². The fourth-order valence-corrected chi connectivity index (χ4v) is 3.52. The predicted octanol–water partition coefficient (Wildman–Crippen LogP) is 5.48. The van der Waals surface area contributed by atoms with Crippen LogP contribution in [-0.4, -0.2) is 42.0 Å². The Balaban J connectivity index is 1.24. The number of para-hydroxylation sites is 1. The molecular weight excluding hydrogens is 398 g/mol. The Bertz CT molecular complexity index is 954. The second kappa shape index (κ2) is 9.65. The Hall–Kier alpha value is -3.02. The van der Waals surface area contributed by atoms with Crippen LogP contribution >= 0.6 is 11.6 Å². The number of carbonyl (C=O) groups excluding carboxylic acids is 1. The largest absolute Gasteiger partial charge is 0.457 e. The van der Waals surface area contributed by atoms with Crippen molar-refractivity contribution in [1.29, 1.82) is 0 Å². The summed E-state index contributed by atoms with van der Waals surface area (Å²) in [5.41, 5.74) is 2.05. The fourth-order valence-electron chi connectivity index (χ4n) is 3.39. The molecule has 1 fully saturated rings. The summed E-state index contributed by atoms with van der Waals surface area (Å²) < 4.78 is 5.84. The smallest absolute Gasteiger partial charge is 0.321 e. The molecule has 0 unspecified atom stereocenters. The van der Waals surface area contributed by atoms with E-state index in [1.807, 2.05) is 71.6 Å². The van der Waals surface area contributed by atoms with Gasteiger partial charge in [-0.25, -0.2) is 4.79 Å². The summed E-state index contributed by atoms with van der Waals surface area (Å²) in [6.45, 7) is 4.00. The van der Waals surface area contributed by atoms with Crippen molar-refractivity contribution < 1.29 is 9.53 Å². The first-order chi connectivity index (χ1) is 14.7. The van der Waals surface area contributed by atoms with Gasteiger partial charge in [-0.1, -0.05) is 41.9 Å². The molecule has 30 heavy (non-hydrogen) atoms. The van der Waals surface area contributed by atoms with Crippen LogP contribution < -0.4 is 10.1 Å². The van der Waals surface area contributed by atoms with Gasteiger partial charge in [-0.3, -0.25) is 4.90 Å². The van der Waals surface area contributed by atoms with Crippen molar-refractivity contribution in [3.63, 3.8) is 0 Å². The molecule has 3 aromatic carbocycles. The maximum atomic E-state index is 12.4. The molecule has 1 aliphatic heterocycles. The lowest BCUT2D eigenvalue weighted by atomic mass is 10.2. The predicted molar refractivity (Wildman–Crippen MR) is 120 cm³/mol. The highest BCUT2D eigenvalue weighted by Crippen LogP contribution is 2.23. The maximum absolute atomic E-state index is 12.4. The average Bonchev–Trinajstić information content (AvgIpc) is 2.78. The summed E-state index contributed by atoms with van der Waals surface area (Å²) in [5.74, 6) is 1.56. The first-order valence-electron chi connectivity index (χ1n) is 10.0. The van der Waals surface area contributed by atoms with E-state index in [-0.39, 0.29) is 6.03 Å². The van der Waals surface area contributed by atoms with Crippen molar-refractivity contribution in [2.75, 3.05) is 31.5 Å². The van der Waals surface area contributed by atoms with Gasteiger partial charge in [0.2, 0.25) is 0 Å². The first-order valence-corrected chi connectivity index (χ1v) is 10.4. The molecule has 0 atom stereocenters. The van der Waals surface area contributed by atoms with Crippen molar-refractivity contribution in [3.05, 3.63) is 89.4 Å². The summed E-state index contributed by atoms with van der Waals surface area (Å²) >= 11 is 5.91. The van der Waals surface area contributed by atoms with Crippen molar-refractivity contribution >= 4 is 23.3 Å². The zero-order valence-electron chi connectivity index (χ0n) is 16.6. The number of nitrogens with one attached hydrogen (secondary N) is 1. The third-order valence-electron chi connectivity index (χ3n) is 5.06. The number of nitrogens with zero attached hydrogens (tertiary/aromatic N) is 2. The van der Waals surface area contributed by atoms with Crippen LogP contribution in [0, 0.1) is 0 Å². The number of hydrogen-bond acceptors (Lipinski definition) is 3. The Kier molecular flexibility index (Phi) is 6.52. The van der Waals surface area contributed by atoms with Crippen molar-refractivity contribution in [2.24, 2.45) is 0 Å². The Labute approximate surface area is 181 Å². The van der Waals surface area contributed by atoms with Crippen molar-refractivity contribution in [3.8, 4) is 11.5 Å². The van der Waals surface area contributed by atoms with Gasteiger partial charge in [0.15, 0.2) is 0 Å². The van der Waals surface area contributed by atoms with Gasteiger partial charge in [-0.05, 0) is 54.1 Å². The number of anilines is 1. The molecular formula is C24H24ClN3O2. The highest BCUT2D eigenvalue weighted by atomic mass is 35.5. The van der Waals surface area contributed by atoms with Crippen molar-refractivity contribution in [1.82, 2.24) is 9.80 Å². The lowest BCUT2D eigenvalue weighted by molar-refractivity contribution is 0.143. The van der Waals surface area contributed by atoms with Crippen LogP contribution in [0.1, 0.15) is 5.56 Å². The van der Waals surface area contributed by atoms with E-state index in [0.717, 1.165) is 49.9 Å². The van der Waals surface area contributed by atoms with E-state index in [2.05, 4.69) is 22.3 Å². The van der Waals surface area contributed by atoms with Crippen LogP contribution in [0.15, 0.2) is 78.9 Å². The second-order valence-electron chi connectivity index (χ2n) is 7.26. The number of benzene rings is 3. The molecule has 1 heterocycles. The molecule has 0 saturated carbocycles. The third-order valence-corrected chi connectivity index (χ3v) is 5.32. The van der Waals surface area contributed by atoms with E-state index in [1.54, 1.807) is 0 Å². The van der Waals surface area contributed by atoms with Crippen LogP contribution in [-0.2, 0) is 6.54 Å². The summed E-state index contributed by atoms with van der Waals surface area (Å²) in [5, 5.41) is 3.64. The minimum Gasteiger partial charge on any atom is -0.457 e. The minimum atomic E-state index is -0.0375. The second-order valence-corrected chi connectivity index (χ2v) is 7.70. The van der Waals surface area contributed by atoms with Gasteiger partial charge in [-0.2, -0.15) is 0 Å². The van der Waals surface area contributed by atoms with Gasteiger partial charge in [0.1, 0.15) is 11.5 Å². The van der Waals surface area contributed by atoms with Gasteiger partial charge < -0.3 is 15.0 Å². The number of carbonyl (C=O) groups is 1. The molecule has 0 radical (unpaired) electrons. The lowest BCUT2D eigenvalue weighted by Crippen LogP contribution is -2.49. The van der Waals surface area contributed by atoms with E-state index >= 15 is 0 Å². The fraction of sp³-hybridized carbons (Fsp3) is 0.208. The molecule has 1 aliphatic rings. The van der Waals surface area contributed by atoms with E-state index in [4.69, 9.17) is 16.3 Å². The third kappa shape index (κ3) is 5.53. The molecule has 0 aromatic heterocycles. The number of urea groups is 1. The summed E-state index contributed by atoms with van der Waals surface area (Å²) in [6.07, 6.45) is 0. The number of amides is 2. The molecule has 0 spiro atoms. The molecule has 1 saturated heterocycles. The number of rotatable bonds is 5. The molecule has 0 aliphatic carbocycles. The summed E-state index contributed by atoms with van der Waals surface area (Å²) in [7, 11) is 0.